The van der Waals surface area contributed by atoms with E-state index in [1.165, 1.54) is 6.21 Å². The van der Waals surface area contributed by atoms with Gasteiger partial charge in [-0.25, -0.2) is 4.98 Å². The normalized spacial score (nSPS) is 11.1. The summed E-state index contributed by atoms with van der Waals surface area (Å²) in [4.78, 5) is 21.1. The van der Waals surface area contributed by atoms with Gasteiger partial charge in [0.05, 0.1) is 16.9 Å². The van der Waals surface area contributed by atoms with E-state index >= 15 is 0 Å². The molecule has 0 saturated carbocycles. The van der Waals surface area contributed by atoms with E-state index in [1.54, 1.807) is 30.1 Å². The summed E-state index contributed by atoms with van der Waals surface area (Å²) in [5, 5.41) is 3.12. The highest BCUT2D eigenvalue weighted by Crippen LogP contribution is 2.26. The molecule has 3 nitrogen and oxygen atoms in total. The first kappa shape index (κ1) is 14.0. The van der Waals surface area contributed by atoms with Gasteiger partial charge in [0, 0.05) is 28.6 Å². The molecule has 0 N–H and O–H groups in total. The second-order valence-electron chi connectivity index (χ2n) is 3.89. The number of benzene rings is 1. The SMILES string of the molecule is CN=CC(=O)c1ccccc1SCc1csc(C)n1. The number of carbonyl (C=O) groups excluding carboxylic acids is 1. The molecule has 0 aliphatic carbocycles. The first-order chi connectivity index (χ1) is 9.20. The Morgan fingerprint density at radius 2 is 2.26 bits per heavy atom. The minimum atomic E-state index is -0.0555. The lowest BCUT2D eigenvalue weighted by molar-refractivity contribution is 0.106. The number of Topliss-reactive ketones (excluding diaryl/α,β-unsaturated/α-hetero) is 1. The Morgan fingerprint density at radius 1 is 1.47 bits per heavy atom. The van der Waals surface area contributed by atoms with E-state index in [-0.39, 0.29) is 5.78 Å². The van der Waals surface area contributed by atoms with E-state index in [1.807, 2.05) is 31.2 Å². The zero-order valence-electron chi connectivity index (χ0n) is 10.8. The minimum absolute atomic E-state index is 0.0555. The van der Waals surface area contributed by atoms with Crippen molar-refractivity contribution in [2.45, 2.75) is 17.6 Å². The summed E-state index contributed by atoms with van der Waals surface area (Å²) in [7, 11) is 1.60. The Bertz CT molecular complexity index is 605. The molecule has 0 spiro atoms. The number of aliphatic imine (C=N–C) groups is 1. The maximum absolute atomic E-state index is 11.9. The van der Waals surface area contributed by atoms with Gasteiger partial charge in [0.1, 0.15) is 0 Å². The molecule has 0 atom stereocenters. The van der Waals surface area contributed by atoms with Crippen LogP contribution in [0.15, 0.2) is 39.5 Å². The number of thiazole rings is 1. The first-order valence-electron chi connectivity index (χ1n) is 5.80. The van der Waals surface area contributed by atoms with Crippen LogP contribution in [-0.4, -0.2) is 24.0 Å². The van der Waals surface area contributed by atoms with Crippen molar-refractivity contribution in [3.63, 3.8) is 0 Å². The Kier molecular flexibility index (Phi) is 4.87. The summed E-state index contributed by atoms with van der Waals surface area (Å²) in [6, 6.07) is 7.60. The Balaban J connectivity index is 2.14. The predicted octanol–water partition coefficient (Wildman–Crippen LogP) is 3.63. The lowest BCUT2D eigenvalue weighted by Crippen LogP contribution is -2.02. The van der Waals surface area contributed by atoms with Crippen LogP contribution in [0.4, 0.5) is 0 Å². The fourth-order valence-electron chi connectivity index (χ4n) is 1.61. The van der Waals surface area contributed by atoms with Crippen molar-refractivity contribution in [3.05, 3.63) is 45.9 Å². The van der Waals surface area contributed by atoms with E-state index in [9.17, 15) is 4.79 Å². The smallest absolute Gasteiger partial charge is 0.204 e. The van der Waals surface area contributed by atoms with Gasteiger partial charge in [-0.2, -0.15) is 0 Å². The van der Waals surface area contributed by atoms with E-state index in [0.29, 0.717) is 5.56 Å². The quantitative estimate of drug-likeness (QED) is 0.480. The average molecular weight is 290 g/mol. The van der Waals surface area contributed by atoms with Crippen molar-refractivity contribution < 1.29 is 4.79 Å². The second-order valence-corrected chi connectivity index (χ2v) is 5.97. The van der Waals surface area contributed by atoms with Gasteiger partial charge in [0.25, 0.3) is 0 Å². The molecule has 0 bridgehead atoms. The van der Waals surface area contributed by atoms with Gasteiger partial charge in [0.2, 0.25) is 5.78 Å². The Morgan fingerprint density at radius 3 is 2.95 bits per heavy atom. The van der Waals surface area contributed by atoms with Gasteiger partial charge in [0.15, 0.2) is 0 Å². The summed E-state index contributed by atoms with van der Waals surface area (Å²) in [5.74, 6) is 0.720. The summed E-state index contributed by atoms with van der Waals surface area (Å²) in [6.45, 7) is 1.99. The lowest BCUT2D eigenvalue weighted by Gasteiger charge is -2.05. The van der Waals surface area contributed by atoms with Gasteiger partial charge in [-0.3, -0.25) is 9.79 Å². The monoisotopic (exact) mass is 290 g/mol. The van der Waals surface area contributed by atoms with Crippen LogP contribution in [0.2, 0.25) is 0 Å². The van der Waals surface area contributed by atoms with Gasteiger partial charge >= 0.3 is 0 Å². The van der Waals surface area contributed by atoms with Crippen molar-refractivity contribution in [2.24, 2.45) is 4.99 Å². The van der Waals surface area contributed by atoms with Gasteiger partial charge < -0.3 is 0 Å². The molecule has 0 radical (unpaired) electrons. The fraction of sp³-hybridized carbons (Fsp3) is 0.214. The molecule has 0 aliphatic heterocycles. The number of ketones is 1. The topological polar surface area (TPSA) is 42.3 Å². The molecule has 0 fully saturated rings. The van der Waals surface area contributed by atoms with Crippen LogP contribution in [0, 0.1) is 6.92 Å². The van der Waals surface area contributed by atoms with Crippen LogP contribution in [0.25, 0.3) is 0 Å². The fourth-order valence-corrected chi connectivity index (χ4v) is 3.28. The third kappa shape index (κ3) is 3.75. The molecule has 1 aromatic heterocycles. The number of rotatable bonds is 5. The van der Waals surface area contributed by atoms with E-state index in [0.717, 1.165) is 21.3 Å². The summed E-state index contributed by atoms with van der Waals surface area (Å²) < 4.78 is 0. The zero-order valence-corrected chi connectivity index (χ0v) is 12.4. The number of hydrogen-bond acceptors (Lipinski definition) is 5. The summed E-state index contributed by atoms with van der Waals surface area (Å²) >= 11 is 3.27. The van der Waals surface area contributed by atoms with E-state index in [2.05, 4.69) is 15.4 Å². The van der Waals surface area contributed by atoms with Crippen LogP contribution >= 0.6 is 23.1 Å². The molecular formula is C14H14N2OS2. The van der Waals surface area contributed by atoms with E-state index in [4.69, 9.17) is 0 Å². The molecule has 0 saturated heterocycles. The molecule has 0 aliphatic rings. The maximum atomic E-state index is 11.9. The van der Waals surface area contributed by atoms with E-state index < -0.39 is 0 Å². The molecule has 98 valence electrons. The Hall–Kier alpha value is -1.46. The predicted molar refractivity (Wildman–Crippen MR) is 81.6 cm³/mol. The van der Waals surface area contributed by atoms with Crippen LogP contribution in [0.5, 0.6) is 0 Å². The number of hydrogen-bond donors (Lipinski definition) is 0. The first-order valence-corrected chi connectivity index (χ1v) is 7.66. The van der Waals surface area contributed by atoms with Crippen LogP contribution in [0.3, 0.4) is 0 Å². The van der Waals surface area contributed by atoms with Crippen LogP contribution < -0.4 is 0 Å². The average Bonchev–Trinajstić information content (AvgIpc) is 2.83. The summed E-state index contributed by atoms with van der Waals surface area (Å²) in [6.07, 6.45) is 1.35. The minimum Gasteiger partial charge on any atom is -0.292 e. The number of aryl methyl sites for hydroxylation is 1. The number of carbonyl (C=O) groups is 1. The second kappa shape index (κ2) is 6.63. The van der Waals surface area contributed by atoms with Crippen molar-refractivity contribution >= 4 is 35.1 Å². The maximum Gasteiger partial charge on any atom is 0.204 e. The molecule has 1 aromatic carbocycles. The number of nitrogens with zero attached hydrogens (tertiary/aromatic N) is 2. The Labute approximate surface area is 120 Å². The zero-order chi connectivity index (χ0) is 13.7. The highest BCUT2D eigenvalue weighted by atomic mass is 32.2. The number of aromatic nitrogens is 1. The molecule has 5 heteroatoms. The molecule has 0 amide bonds. The highest BCUT2D eigenvalue weighted by Gasteiger charge is 2.09. The largest absolute Gasteiger partial charge is 0.292 e. The molecule has 1 heterocycles. The molecule has 0 unspecified atom stereocenters. The van der Waals surface area contributed by atoms with Gasteiger partial charge in [-0.15, -0.1) is 23.1 Å². The number of thioether (sulfide) groups is 1. The van der Waals surface area contributed by atoms with Crippen molar-refractivity contribution in [1.29, 1.82) is 0 Å². The van der Waals surface area contributed by atoms with Gasteiger partial charge in [-0.1, -0.05) is 12.1 Å². The third-order valence-corrected chi connectivity index (χ3v) is 4.37. The highest BCUT2D eigenvalue weighted by molar-refractivity contribution is 7.98. The lowest BCUT2D eigenvalue weighted by atomic mass is 10.1. The summed E-state index contributed by atoms with van der Waals surface area (Å²) in [5.41, 5.74) is 1.75. The molecule has 19 heavy (non-hydrogen) atoms. The van der Waals surface area contributed by atoms with Crippen LogP contribution in [-0.2, 0) is 5.75 Å². The third-order valence-electron chi connectivity index (χ3n) is 2.44. The van der Waals surface area contributed by atoms with Crippen LogP contribution in [0.1, 0.15) is 21.1 Å². The van der Waals surface area contributed by atoms with Crippen molar-refractivity contribution in [3.8, 4) is 0 Å². The van der Waals surface area contributed by atoms with Crippen molar-refractivity contribution in [1.82, 2.24) is 4.98 Å². The molecule has 2 aromatic rings. The van der Waals surface area contributed by atoms with Gasteiger partial charge in [-0.05, 0) is 19.1 Å². The van der Waals surface area contributed by atoms with Crippen molar-refractivity contribution in [2.75, 3.05) is 7.05 Å². The molecular weight excluding hydrogens is 276 g/mol. The molecule has 2 rings (SSSR count). The standard InChI is InChI=1S/C14H14N2OS2/c1-10-16-11(8-18-10)9-19-14-6-4-3-5-12(14)13(17)7-15-2/h3-8H,9H2,1-2H3.